The number of nitrogens with two attached hydrogens (primary N) is 1. The summed E-state index contributed by atoms with van der Waals surface area (Å²) >= 11 is 0. The van der Waals surface area contributed by atoms with Crippen LogP contribution in [0.1, 0.15) is 5.56 Å². The molecule has 4 nitrogen and oxygen atoms in total. The minimum atomic E-state index is -4.48. The molecule has 3 N–H and O–H groups in total. The molecule has 0 aliphatic rings. The van der Waals surface area contributed by atoms with Gasteiger partial charge >= 0.3 is 6.18 Å². The normalized spacial score (nSPS) is 11.6. The Hall–Kier alpha value is -2.18. The summed E-state index contributed by atoms with van der Waals surface area (Å²) in [6.45, 7) is 0. The number of aromatic amines is 1. The van der Waals surface area contributed by atoms with Crippen molar-refractivity contribution >= 4 is 5.95 Å². The van der Waals surface area contributed by atoms with Crippen LogP contribution in [-0.2, 0) is 6.18 Å². The molecule has 0 unspecified atom stereocenters. The van der Waals surface area contributed by atoms with Crippen LogP contribution in [0.3, 0.4) is 0 Å². The van der Waals surface area contributed by atoms with E-state index in [1.165, 1.54) is 25.4 Å². The molecule has 0 amide bonds. The van der Waals surface area contributed by atoms with Crippen LogP contribution < -0.4 is 10.5 Å². The van der Waals surface area contributed by atoms with Crippen molar-refractivity contribution in [2.24, 2.45) is 0 Å². The molecule has 1 aromatic heterocycles. The molecule has 0 fully saturated rings. The lowest BCUT2D eigenvalue weighted by molar-refractivity contribution is -0.137. The van der Waals surface area contributed by atoms with Gasteiger partial charge in [0.25, 0.3) is 0 Å². The minimum Gasteiger partial charge on any atom is -0.497 e. The van der Waals surface area contributed by atoms with E-state index in [1.54, 1.807) is 0 Å². The van der Waals surface area contributed by atoms with Crippen LogP contribution in [0.5, 0.6) is 5.75 Å². The summed E-state index contributed by atoms with van der Waals surface area (Å²) in [6.07, 6.45) is -3.23. The Morgan fingerprint density at radius 3 is 2.56 bits per heavy atom. The quantitative estimate of drug-likeness (QED) is 0.869. The van der Waals surface area contributed by atoms with Gasteiger partial charge < -0.3 is 15.5 Å². The Labute approximate surface area is 101 Å². The number of anilines is 1. The van der Waals surface area contributed by atoms with Crippen molar-refractivity contribution < 1.29 is 17.9 Å². The van der Waals surface area contributed by atoms with Crippen molar-refractivity contribution in [3.05, 3.63) is 30.0 Å². The van der Waals surface area contributed by atoms with Crippen LogP contribution in [0.4, 0.5) is 19.1 Å². The van der Waals surface area contributed by atoms with E-state index in [-0.39, 0.29) is 23.0 Å². The van der Waals surface area contributed by atoms with Crippen molar-refractivity contribution in [2.75, 3.05) is 12.8 Å². The number of hydrogen-bond acceptors (Lipinski definition) is 3. The van der Waals surface area contributed by atoms with E-state index in [4.69, 9.17) is 10.5 Å². The van der Waals surface area contributed by atoms with Crippen molar-refractivity contribution in [1.82, 2.24) is 9.97 Å². The summed E-state index contributed by atoms with van der Waals surface area (Å²) in [7, 11) is 1.31. The lowest BCUT2D eigenvalue weighted by Gasteiger charge is -2.13. The number of aromatic nitrogens is 2. The zero-order chi connectivity index (χ0) is 13.3. The van der Waals surface area contributed by atoms with Gasteiger partial charge in [-0.3, -0.25) is 0 Å². The fourth-order valence-corrected chi connectivity index (χ4v) is 1.59. The number of halogens is 3. The van der Waals surface area contributed by atoms with Gasteiger partial charge in [0, 0.05) is 5.56 Å². The molecule has 0 radical (unpaired) electrons. The third-order valence-corrected chi connectivity index (χ3v) is 2.42. The van der Waals surface area contributed by atoms with Gasteiger partial charge in [-0.25, -0.2) is 4.98 Å². The summed E-state index contributed by atoms with van der Waals surface area (Å²) < 4.78 is 43.6. The maximum atomic E-state index is 12.9. The van der Waals surface area contributed by atoms with Crippen molar-refractivity contribution in [1.29, 1.82) is 0 Å². The van der Waals surface area contributed by atoms with E-state index in [9.17, 15) is 13.2 Å². The second-order valence-electron chi connectivity index (χ2n) is 3.59. The number of imidazole rings is 1. The number of nitrogen functional groups attached to an aromatic ring is 1. The number of benzene rings is 1. The maximum Gasteiger partial charge on any atom is 0.417 e. The molecule has 0 saturated carbocycles. The molecule has 2 aromatic rings. The topological polar surface area (TPSA) is 63.9 Å². The fraction of sp³-hybridized carbons (Fsp3) is 0.182. The minimum absolute atomic E-state index is 0.0208. The van der Waals surface area contributed by atoms with Crippen molar-refractivity contribution in [3.63, 3.8) is 0 Å². The highest BCUT2D eigenvalue weighted by molar-refractivity contribution is 5.66. The number of alkyl halides is 3. The number of nitrogens with zero attached hydrogens (tertiary/aromatic N) is 1. The van der Waals surface area contributed by atoms with Gasteiger partial charge in [0.15, 0.2) is 5.95 Å². The Bertz CT molecular complexity index is 563. The van der Waals surface area contributed by atoms with E-state index in [2.05, 4.69) is 9.97 Å². The highest BCUT2D eigenvalue weighted by Gasteiger charge is 2.34. The third kappa shape index (κ3) is 2.24. The lowest BCUT2D eigenvalue weighted by Crippen LogP contribution is -2.07. The third-order valence-electron chi connectivity index (χ3n) is 2.42. The highest BCUT2D eigenvalue weighted by Crippen LogP contribution is 2.38. The lowest BCUT2D eigenvalue weighted by atomic mass is 10.0. The first kappa shape index (κ1) is 12.3. The summed E-state index contributed by atoms with van der Waals surface area (Å²) in [5.41, 5.74) is 4.75. The average molecular weight is 257 g/mol. The van der Waals surface area contributed by atoms with Crippen LogP contribution >= 0.6 is 0 Å². The monoisotopic (exact) mass is 257 g/mol. The molecule has 0 aliphatic heterocycles. The Morgan fingerprint density at radius 1 is 1.33 bits per heavy atom. The molecule has 18 heavy (non-hydrogen) atoms. The highest BCUT2D eigenvalue weighted by atomic mass is 19.4. The van der Waals surface area contributed by atoms with Gasteiger partial charge in [0.1, 0.15) is 5.75 Å². The van der Waals surface area contributed by atoms with Crippen LogP contribution in [0, 0.1) is 0 Å². The van der Waals surface area contributed by atoms with E-state index < -0.39 is 11.7 Å². The number of rotatable bonds is 2. The molecule has 1 aromatic carbocycles. The molecule has 7 heteroatoms. The molecule has 96 valence electrons. The summed E-state index contributed by atoms with van der Waals surface area (Å²) in [5.74, 6) is 0.201. The second-order valence-corrected chi connectivity index (χ2v) is 3.59. The number of ether oxygens (including phenoxy) is 1. The van der Waals surface area contributed by atoms with E-state index in [1.807, 2.05) is 0 Å². The Balaban J connectivity index is 2.60. The molecule has 2 rings (SSSR count). The maximum absolute atomic E-state index is 12.9. The van der Waals surface area contributed by atoms with Gasteiger partial charge in [0.05, 0.1) is 24.6 Å². The average Bonchev–Trinajstić information content (AvgIpc) is 2.74. The van der Waals surface area contributed by atoms with Crippen LogP contribution in [-0.4, -0.2) is 17.1 Å². The fourth-order valence-electron chi connectivity index (χ4n) is 1.59. The van der Waals surface area contributed by atoms with E-state index in [0.29, 0.717) is 0 Å². The summed E-state index contributed by atoms with van der Waals surface area (Å²) in [6, 6.07) is 3.70. The molecule has 0 aliphatic carbocycles. The van der Waals surface area contributed by atoms with E-state index >= 15 is 0 Å². The van der Waals surface area contributed by atoms with Gasteiger partial charge in [-0.05, 0) is 18.2 Å². The van der Waals surface area contributed by atoms with Gasteiger partial charge in [-0.15, -0.1) is 0 Å². The predicted octanol–water partition coefficient (Wildman–Crippen LogP) is 2.69. The number of H-pyrrole nitrogens is 1. The van der Waals surface area contributed by atoms with Gasteiger partial charge in [-0.1, -0.05) is 0 Å². The standard InChI is InChI=1S/C11H10F3N3O/c1-18-6-2-3-7(8(4-6)11(12,13)14)9-5-16-10(15)17-9/h2-5H,1H3,(H3,15,16,17). The first-order valence-corrected chi connectivity index (χ1v) is 4.98. The van der Waals surface area contributed by atoms with Crippen LogP contribution in [0.2, 0.25) is 0 Å². The van der Waals surface area contributed by atoms with Crippen molar-refractivity contribution in [3.8, 4) is 17.0 Å². The summed E-state index contributed by atoms with van der Waals surface area (Å²) in [4.78, 5) is 6.25. The van der Waals surface area contributed by atoms with E-state index in [0.717, 1.165) is 6.07 Å². The Kier molecular flexibility index (Phi) is 2.90. The molecule has 0 atom stereocenters. The first-order valence-electron chi connectivity index (χ1n) is 4.98. The zero-order valence-corrected chi connectivity index (χ0v) is 9.38. The summed E-state index contributed by atoms with van der Waals surface area (Å²) in [5, 5.41) is 0. The SMILES string of the molecule is COc1ccc(-c2cnc(N)[nH]2)c(C(F)(F)F)c1. The molecule has 0 saturated heterocycles. The van der Waals surface area contributed by atoms with Crippen LogP contribution in [0.15, 0.2) is 24.4 Å². The zero-order valence-electron chi connectivity index (χ0n) is 9.38. The molecular weight excluding hydrogens is 247 g/mol. The smallest absolute Gasteiger partial charge is 0.417 e. The first-order chi connectivity index (χ1) is 8.41. The molecule has 1 heterocycles. The molecule has 0 bridgehead atoms. The predicted molar refractivity (Wildman–Crippen MR) is 60.0 cm³/mol. The number of methoxy groups -OCH3 is 1. The van der Waals surface area contributed by atoms with Crippen LogP contribution in [0.25, 0.3) is 11.3 Å². The number of nitrogens with one attached hydrogen (secondary N) is 1. The molecule has 0 spiro atoms. The second kappa shape index (κ2) is 4.25. The number of hydrogen-bond donors (Lipinski definition) is 2. The Morgan fingerprint density at radius 2 is 2.06 bits per heavy atom. The van der Waals surface area contributed by atoms with Gasteiger partial charge in [-0.2, -0.15) is 13.2 Å². The van der Waals surface area contributed by atoms with Gasteiger partial charge in [0.2, 0.25) is 0 Å². The molecular formula is C11H10F3N3O. The van der Waals surface area contributed by atoms with Crippen molar-refractivity contribution in [2.45, 2.75) is 6.18 Å². The largest absolute Gasteiger partial charge is 0.497 e.